The molecule has 0 spiro atoms. The van der Waals surface area contributed by atoms with Gasteiger partial charge in [0.2, 0.25) is 5.91 Å². The van der Waals surface area contributed by atoms with E-state index >= 15 is 0 Å². The first kappa shape index (κ1) is 22.3. The van der Waals surface area contributed by atoms with Gasteiger partial charge in [-0.15, -0.1) is 0 Å². The number of amides is 3. The number of piperazine rings is 1. The molecule has 8 nitrogen and oxygen atoms in total. The van der Waals surface area contributed by atoms with Crippen LogP contribution in [0.1, 0.15) is 18.1 Å². The molecule has 0 radical (unpaired) electrons. The maximum atomic E-state index is 12.5. The van der Waals surface area contributed by atoms with Gasteiger partial charge in [0, 0.05) is 38.6 Å². The lowest BCUT2D eigenvalue weighted by molar-refractivity contribution is -0.156. The first-order valence-corrected chi connectivity index (χ1v) is 11.0. The van der Waals surface area contributed by atoms with E-state index in [1.54, 1.807) is 6.20 Å². The van der Waals surface area contributed by atoms with E-state index in [0.717, 1.165) is 22.3 Å². The van der Waals surface area contributed by atoms with Crippen molar-refractivity contribution in [3.05, 3.63) is 78.1 Å². The third kappa shape index (κ3) is 5.28. The second-order valence-electron chi connectivity index (χ2n) is 7.95. The van der Waals surface area contributed by atoms with E-state index in [9.17, 15) is 14.4 Å². The number of aromatic nitrogens is 2. The van der Waals surface area contributed by atoms with Crippen LogP contribution in [-0.4, -0.2) is 63.5 Å². The summed E-state index contributed by atoms with van der Waals surface area (Å²) in [6.07, 6.45) is 3.69. The minimum atomic E-state index is -0.617. The molecule has 0 atom stereocenters. The van der Waals surface area contributed by atoms with Crippen molar-refractivity contribution < 1.29 is 14.4 Å². The maximum absolute atomic E-state index is 12.5. The van der Waals surface area contributed by atoms with Crippen molar-refractivity contribution in [3.8, 4) is 11.1 Å². The molecule has 2 aromatic carbocycles. The van der Waals surface area contributed by atoms with Gasteiger partial charge < -0.3 is 15.1 Å². The zero-order chi connectivity index (χ0) is 23.2. The average molecular weight is 446 g/mol. The van der Waals surface area contributed by atoms with Crippen molar-refractivity contribution in [3.63, 3.8) is 0 Å². The highest BCUT2D eigenvalue weighted by Crippen LogP contribution is 2.24. The molecule has 3 amide bonds. The van der Waals surface area contributed by atoms with Crippen LogP contribution >= 0.6 is 0 Å². The summed E-state index contributed by atoms with van der Waals surface area (Å²) in [5.74, 6) is -1.45. The second-order valence-corrected chi connectivity index (χ2v) is 7.95. The predicted octanol–water partition coefficient (Wildman–Crippen LogP) is 1.91. The number of nitrogens with one attached hydrogen (secondary N) is 1. The molecule has 1 aliphatic heterocycles. The number of hydrogen-bond acceptors (Lipinski definition) is 4. The zero-order valence-electron chi connectivity index (χ0n) is 18.6. The molecular formula is C25H27N5O3. The van der Waals surface area contributed by atoms with E-state index in [-0.39, 0.29) is 12.5 Å². The van der Waals surface area contributed by atoms with Crippen LogP contribution in [0.3, 0.4) is 0 Å². The van der Waals surface area contributed by atoms with Gasteiger partial charge in [0.25, 0.3) is 0 Å². The monoisotopic (exact) mass is 445 g/mol. The Labute approximate surface area is 192 Å². The molecule has 0 unspecified atom stereocenters. The van der Waals surface area contributed by atoms with Gasteiger partial charge in [-0.2, -0.15) is 5.10 Å². The first-order chi connectivity index (χ1) is 16.0. The zero-order valence-corrected chi connectivity index (χ0v) is 18.6. The summed E-state index contributed by atoms with van der Waals surface area (Å²) in [5, 5.41) is 7.13. The smallest absolute Gasteiger partial charge is 0.312 e. The molecule has 0 bridgehead atoms. The summed E-state index contributed by atoms with van der Waals surface area (Å²) in [6.45, 7) is 4.07. The number of hydrogen-bond donors (Lipinski definition) is 1. The standard InChI is InChI=1S/C25H27N5O3/c1-2-28-14-15-29(25(33)24(28)32)18-23(31)26-16-21-6-3-4-7-22(21)20-10-8-19(9-11-20)17-30-13-5-12-27-30/h3-13H,2,14-18H2,1H3,(H,26,31). The Morgan fingerprint density at radius 2 is 1.70 bits per heavy atom. The van der Waals surface area contributed by atoms with Gasteiger partial charge in [0.15, 0.2) is 0 Å². The van der Waals surface area contributed by atoms with E-state index in [2.05, 4.69) is 34.7 Å². The minimum absolute atomic E-state index is 0.119. The van der Waals surface area contributed by atoms with Crippen molar-refractivity contribution in [2.75, 3.05) is 26.2 Å². The van der Waals surface area contributed by atoms with Crippen molar-refractivity contribution in [1.29, 1.82) is 0 Å². The second kappa shape index (κ2) is 10.1. The molecule has 33 heavy (non-hydrogen) atoms. The first-order valence-electron chi connectivity index (χ1n) is 11.0. The van der Waals surface area contributed by atoms with Crippen molar-refractivity contribution in [1.82, 2.24) is 24.9 Å². The normalized spacial score (nSPS) is 14.0. The highest BCUT2D eigenvalue weighted by molar-refractivity contribution is 6.35. The van der Waals surface area contributed by atoms with Crippen LogP contribution in [0.15, 0.2) is 67.0 Å². The molecule has 1 saturated heterocycles. The lowest BCUT2D eigenvalue weighted by Crippen LogP contribution is -2.56. The Kier molecular flexibility index (Phi) is 6.83. The Balaban J connectivity index is 1.37. The fourth-order valence-electron chi connectivity index (χ4n) is 3.92. The van der Waals surface area contributed by atoms with Gasteiger partial charge in [-0.05, 0) is 35.2 Å². The highest BCUT2D eigenvalue weighted by Gasteiger charge is 2.32. The Hall–Kier alpha value is -3.94. The van der Waals surface area contributed by atoms with Crippen LogP contribution in [0.5, 0.6) is 0 Å². The molecule has 3 aromatic rings. The SMILES string of the molecule is CCN1CCN(CC(=O)NCc2ccccc2-c2ccc(Cn3cccn3)cc2)C(=O)C1=O. The molecule has 170 valence electrons. The van der Waals surface area contributed by atoms with Crippen LogP contribution in [0, 0.1) is 0 Å². The largest absolute Gasteiger partial charge is 0.350 e. The molecule has 1 N–H and O–H groups in total. The van der Waals surface area contributed by atoms with Gasteiger partial charge in [0.05, 0.1) is 6.54 Å². The van der Waals surface area contributed by atoms with Crippen LogP contribution in [0.4, 0.5) is 0 Å². The summed E-state index contributed by atoms with van der Waals surface area (Å²) >= 11 is 0. The quantitative estimate of drug-likeness (QED) is 0.537. The third-order valence-corrected chi connectivity index (χ3v) is 5.78. The summed E-state index contributed by atoms with van der Waals surface area (Å²) in [4.78, 5) is 39.6. The van der Waals surface area contributed by atoms with Gasteiger partial charge in [-0.1, -0.05) is 48.5 Å². The Bertz CT molecular complexity index is 1130. The minimum Gasteiger partial charge on any atom is -0.350 e. The molecule has 1 fully saturated rings. The van der Waals surface area contributed by atoms with E-state index in [1.165, 1.54) is 9.80 Å². The molecule has 1 aromatic heterocycles. The number of carbonyl (C=O) groups is 3. The molecule has 1 aliphatic rings. The maximum Gasteiger partial charge on any atom is 0.312 e. The third-order valence-electron chi connectivity index (χ3n) is 5.78. The number of carbonyl (C=O) groups excluding carboxylic acids is 3. The molecule has 4 rings (SSSR count). The lowest BCUT2D eigenvalue weighted by Gasteiger charge is -2.32. The van der Waals surface area contributed by atoms with E-state index in [0.29, 0.717) is 32.7 Å². The summed E-state index contributed by atoms with van der Waals surface area (Å²) in [6, 6.07) is 18.1. The van der Waals surface area contributed by atoms with Crippen LogP contribution < -0.4 is 5.32 Å². The summed E-state index contributed by atoms with van der Waals surface area (Å²) < 4.78 is 1.87. The van der Waals surface area contributed by atoms with Gasteiger partial charge in [-0.3, -0.25) is 19.1 Å². The van der Waals surface area contributed by atoms with Crippen LogP contribution in [0.25, 0.3) is 11.1 Å². The van der Waals surface area contributed by atoms with E-state index in [1.807, 2.05) is 48.1 Å². The fourth-order valence-corrected chi connectivity index (χ4v) is 3.92. The number of likely N-dealkylation sites (N-methyl/N-ethyl adjacent to an activating group) is 1. The number of rotatable bonds is 8. The van der Waals surface area contributed by atoms with E-state index < -0.39 is 11.8 Å². The van der Waals surface area contributed by atoms with Crippen LogP contribution in [-0.2, 0) is 27.5 Å². The van der Waals surface area contributed by atoms with Crippen molar-refractivity contribution in [2.45, 2.75) is 20.0 Å². The average Bonchev–Trinajstić information content (AvgIpc) is 3.35. The molecular weight excluding hydrogens is 418 g/mol. The summed E-state index contributed by atoms with van der Waals surface area (Å²) in [7, 11) is 0. The molecule has 0 aliphatic carbocycles. The van der Waals surface area contributed by atoms with Crippen molar-refractivity contribution in [2.24, 2.45) is 0 Å². The van der Waals surface area contributed by atoms with Gasteiger partial charge >= 0.3 is 11.8 Å². The highest BCUT2D eigenvalue weighted by atomic mass is 16.2. The summed E-state index contributed by atoms with van der Waals surface area (Å²) in [5.41, 5.74) is 4.21. The molecule has 2 heterocycles. The van der Waals surface area contributed by atoms with Gasteiger partial charge in [-0.25, -0.2) is 0 Å². The van der Waals surface area contributed by atoms with E-state index in [4.69, 9.17) is 0 Å². The topological polar surface area (TPSA) is 87.5 Å². The fraction of sp³-hybridized carbons (Fsp3) is 0.280. The van der Waals surface area contributed by atoms with Crippen molar-refractivity contribution >= 4 is 17.7 Å². The Morgan fingerprint density at radius 3 is 2.42 bits per heavy atom. The Morgan fingerprint density at radius 1 is 0.970 bits per heavy atom. The van der Waals surface area contributed by atoms with Crippen LogP contribution in [0.2, 0.25) is 0 Å². The molecule has 0 saturated carbocycles. The predicted molar refractivity (Wildman–Crippen MR) is 124 cm³/mol. The molecule has 8 heteroatoms. The number of nitrogens with zero attached hydrogens (tertiary/aromatic N) is 4. The number of benzene rings is 2. The van der Waals surface area contributed by atoms with Gasteiger partial charge in [0.1, 0.15) is 6.54 Å². The lowest BCUT2D eigenvalue weighted by atomic mass is 9.98.